The van der Waals surface area contributed by atoms with Gasteiger partial charge in [-0.1, -0.05) is 11.6 Å². The standard InChI is InChI=1S/C10H14ClN3O/c1-6(5-12)14-9-4-7(10(13)15)2-3-8(9)11/h2-4,6,14H,5,12H2,1H3,(H2,13,15). The van der Waals surface area contributed by atoms with E-state index in [0.29, 0.717) is 22.8 Å². The number of rotatable bonds is 4. The van der Waals surface area contributed by atoms with E-state index in [9.17, 15) is 4.79 Å². The molecule has 1 unspecified atom stereocenters. The first-order valence-corrected chi connectivity index (χ1v) is 4.98. The lowest BCUT2D eigenvalue weighted by Gasteiger charge is -2.14. The molecular weight excluding hydrogens is 214 g/mol. The van der Waals surface area contributed by atoms with Gasteiger partial charge in [-0.15, -0.1) is 0 Å². The zero-order chi connectivity index (χ0) is 11.4. The predicted molar refractivity (Wildman–Crippen MR) is 62.1 cm³/mol. The summed E-state index contributed by atoms with van der Waals surface area (Å²) in [5.74, 6) is -0.477. The van der Waals surface area contributed by atoms with Crippen LogP contribution in [0, 0.1) is 0 Å². The van der Waals surface area contributed by atoms with Crippen LogP contribution in [0.15, 0.2) is 18.2 Å². The van der Waals surface area contributed by atoms with Crippen LogP contribution in [-0.4, -0.2) is 18.5 Å². The molecule has 0 saturated carbocycles. The smallest absolute Gasteiger partial charge is 0.248 e. The molecule has 0 heterocycles. The molecule has 1 aromatic rings. The van der Waals surface area contributed by atoms with E-state index in [1.807, 2.05) is 6.92 Å². The number of carbonyl (C=O) groups is 1. The highest BCUT2D eigenvalue weighted by atomic mass is 35.5. The second kappa shape index (κ2) is 5.00. The van der Waals surface area contributed by atoms with Gasteiger partial charge in [0.25, 0.3) is 0 Å². The van der Waals surface area contributed by atoms with Crippen molar-refractivity contribution in [1.82, 2.24) is 0 Å². The van der Waals surface area contributed by atoms with E-state index in [1.165, 1.54) is 0 Å². The van der Waals surface area contributed by atoms with Crippen molar-refractivity contribution in [2.24, 2.45) is 11.5 Å². The van der Waals surface area contributed by atoms with E-state index < -0.39 is 5.91 Å². The normalized spacial score (nSPS) is 12.2. The minimum atomic E-state index is -0.477. The van der Waals surface area contributed by atoms with E-state index >= 15 is 0 Å². The van der Waals surface area contributed by atoms with Crippen LogP contribution >= 0.6 is 11.6 Å². The molecule has 0 aliphatic carbocycles. The fourth-order valence-electron chi connectivity index (χ4n) is 1.11. The number of amides is 1. The first kappa shape index (κ1) is 11.8. The number of halogens is 1. The summed E-state index contributed by atoms with van der Waals surface area (Å²) in [4.78, 5) is 10.9. The van der Waals surface area contributed by atoms with Gasteiger partial charge < -0.3 is 16.8 Å². The van der Waals surface area contributed by atoms with Crippen LogP contribution in [0.25, 0.3) is 0 Å². The SMILES string of the molecule is CC(CN)Nc1cc(C(N)=O)ccc1Cl. The van der Waals surface area contributed by atoms with Crippen molar-refractivity contribution in [3.8, 4) is 0 Å². The van der Waals surface area contributed by atoms with Crippen molar-refractivity contribution in [2.45, 2.75) is 13.0 Å². The van der Waals surface area contributed by atoms with Crippen LogP contribution in [0.1, 0.15) is 17.3 Å². The molecule has 0 saturated heterocycles. The molecule has 1 aromatic carbocycles. The van der Waals surface area contributed by atoms with Crippen molar-refractivity contribution in [2.75, 3.05) is 11.9 Å². The second-order valence-corrected chi connectivity index (χ2v) is 3.75. The Hall–Kier alpha value is -1.26. The molecule has 1 amide bonds. The Morgan fingerprint density at radius 2 is 2.27 bits per heavy atom. The summed E-state index contributed by atoms with van der Waals surface area (Å²) in [6.45, 7) is 2.41. The summed E-state index contributed by atoms with van der Waals surface area (Å²) in [6, 6.07) is 4.93. The lowest BCUT2D eigenvalue weighted by molar-refractivity contribution is 0.100. The third-order valence-corrected chi connectivity index (χ3v) is 2.34. The monoisotopic (exact) mass is 227 g/mol. The average molecular weight is 228 g/mol. The maximum atomic E-state index is 10.9. The van der Waals surface area contributed by atoms with E-state index in [-0.39, 0.29) is 6.04 Å². The molecule has 0 spiro atoms. The summed E-state index contributed by atoms with van der Waals surface area (Å²) in [6.07, 6.45) is 0. The lowest BCUT2D eigenvalue weighted by Crippen LogP contribution is -2.25. The Morgan fingerprint density at radius 3 is 2.80 bits per heavy atom. The minimum absolute atomic E-state index is 0.0885. The highest BCUT2D eigenvalue weighted by Crippen LogP contribution is 2.23. The molecular formula is C10H14ClN3O. The highest BCUT2D eigenvalue weighted by Gasteiger charge is 2.07. The van der Waals surface area contributed by atoms with Gasteiger partial charge in [-0.2, -0.15) is 0 Å². The van der Waals surface area contributed by atoms with E-state index in [4.69, 9.17) is 23.1 Å². The molecule has 5 heteroatoms. The van der Waals surface area contributed by atoms with Gasteiger partial charge in [-0.3, -0.25) is 4.79 Å². The fraction of sp³-hybridized carbons (Fsp3) is 0.300. The van der Waals surface area contributed by atoms with Crippen LogP contribution in [0.3, 0.4) is 0 Å². The molecule has 1 atom stereocenters. The quantitative estimate of drug-likeness (QED) is 0.723. The number of hydrogen-bond donors (Lipinski definition) is 3. The Kier molecular flexibility index (Phi) is 3.94. The van der Waals surface area contributed by atoms with Gasteiger partial charge in [-0.25, -0.2) is 0 Å². The Bertz CT molecular complexity index is 368. The lowest BCUT2D eigenvalue weighted by atomic mass is 10.2. The molecule has 1 rings (SSSR count). The summed E-state index contributed by atoms with van der Waals surface area (Å²) in [5, 5.41) is 3.63. The zero-order valence-electron chi connectivity index (χ0n) is 8.46. The van der Waals surface area contributed by atoms with E-state index in [0.717, 1.165) is 0 Å². The largest absolute Gasteiger partial charge is 0.380 e. The molecule has 0 aliphatic rings. The topological polar surface area (TPSA) is 81.1 Å². The molecule has 0 bridgehead atoms. The van der Waals surface area contributed by atoms with Crippen molar-refractivity contribution in [3.63, 3.8) is 0 Å². The van der Waals surface area contributed by atoms with Gasteiger partial charge >= 0.3 is 0 Å². The molecule has 0 aromatic heterocycles. The number of anilines is 1. The number of benzene rings is 1. The first-order valence-electron chi connectivity index (χ1n) is 4.60. The number of primary amides is 1. The number of carbonyl (C=O) groups excluding carboxylic acids is 1. The zero-order valence-corrected chi connectivity index (χ0v) is 9.21. The number of hydrogen-bond acceptors (Lipinski definition) is 3. The van der Waals surface area contributed by atoms with Crippen molar-refractivity contribution < 1.29 is 4.79 Å². The number of nitrogens with one attached hydrogen (secondary N) is 1. The predicted octanol–water partition coefficient (Wildman–Crippen LogP) is 1.20. The van der Waals surface area contributed by atoms with Crippen LogP contribution < -0.4 is 16.8 Å². The summed E-state index contributed by atoms with van der Waals surface area (Å²) >= 11 is 5.95. The van der Waals surface area contributed by atoms with Crippen LogP contribution in [-0.2, 0) is 0 Å². The van der Waals surface area contributed by atoms with Crippen LogP contribution in [0.4, 0.5) is 5.69 Å². The van der Waals surface area contributed by atoms with Gasteiger partial charge in [0.05, 0.1) is 10.7 Å². The molecule has 82 valence electrons. The van der Waals surface area contributed by atoms with Crippen molar-refractivity contribution in [3.05, 3.63) is 28.8 Å². The molecule has 0 radical (unpaired) electrons. The molecule has 5 N–H and O–H groups in total. The summed E-state index contributed by atoms with van der Waals surface area (Å²) in [5.41, 5.74) is 11.7. The second-order valence-electron chi connectivity index (χ2n) is 3.34. The molecule has 0 fully saturated rings. The van der Waals surface area contributed by atoms with E-state index in [1.54, 1.807) is 18.2 Å². The first-order chi connectivity index (χ1) is 7.04. The van der Waals surface area contributed by atoms with Crippen LogP contribution in [0.2, 0.25) is 5.02 Å². The third-order valence-electron chi connectivity index (χ3n) is 2.01. The summed E-state index contributed by atoms with van der Waals surface area (Å²) < 4.78 is 0. The highest BCUT2D eigenvalue weighted by molar-refractivity contribution is 6.33. The average Bonchev–Trinajstić information content (AvgIpc) is 2.20. The van der Waals surface area contributed by atoms with Crippen molar-refractivity contribution in [1.29, 1.82) is 0 Å². The fourth-order valence-corrected chi connectivity index (χ4v) is 1.29. The van der Waals surface area contributed by atoms with Gasteiger partial charge in [0.15, 0.2) is 0 Å². The maximum absolute atomic E-state index is 10.9. The third kappa shape index (κ3) is 3.11. The van der Waals surface area contributed by atoms with Crippen LogP contribution in [0.5, 0.6) is 0 Å². The molecule has 15 heavy (non-hydrogen) atoms. The maximum Gasteiger partial charge on any atom is 0.248 e. The Labute approximate surface area is 93.6 Å². The number of nitrogens with two attached hydrogens (primary N) is 2. The van der Waals surface area contributed by atoms with Crippen molar-refractivity contribution >= 4 is 23.2 Å². The van der Waals surface area contributed by atoms with Gasteiger partial charge in [-0.05, 0) is 25.1 Å². The Morgan fingerprint density at radius 1 is 1.60 bits per heavy atom. The van der Waals surface area contributed by atoms with E-state index in [2.05, 4.69) is 5.32 Å². The summed E-state index contributed by atoms with van der Waals surface area (Å²) in [7, 11) is 0. The molecule has 0 aliphatic heterocycles. The minimum Gasteiger partial charge on any atom is -0.380 e. The van der Waals surface area contributed by atoms with Gasteiger partial charge in [0.1, 0.15) is 0 Å². The molecule has 4 nitrogen and oxygen atoms in total. The van der Waals surface area contributed by atoms with Gasteiger partial charge in [0.2, 0.25) is 5.91 Å². The van der Waals surface area contributed by atoms with Gasteiger partial charge in [0, 0.05) is 18.2 Å². The Balaban J connectivity index is 2.95.